The predicted molar refractivity (Wildman–Crippen MR) is 158 cm³/mol. The molecule has 3 aliphatic rings. The maximum Gasteiger partial charge on any atom is 0.270 e. The zero-order valence-corrected chi connectivity index (χ0v) is 25.1. The highest BCUT2D eigenvalue weighted by Gasteiger charge is 2.39. The Morgan fingerprint density at radius 1 is 1.00 bits per heavy atom. The molecule has 234 valence electrons. The molecule has 2 fully saturated rings. The fourth-order valence-corrected chi connectivity index (χ4v) is 6.00. The summed E-state index contributed by atoms with van der Waals surface area (Å²) in [6.45, 7) is 2.87. The Labute approximate surface area is 255 Å². The van der Waals surface area contributed by atoms with Gasteiger partial charge in [0.1, 0.15) is 17.8 Å². The number of H-pyrrole nitrogens is 1. The molecule has 2 aliphatic heterocycles. The number of carbonyl (C=O) groups is 6. The number of ether oxygens (including phenoxy) is 1. The van der Waals surface area contributed by atoms with Crippen LogP contribution in [0.4, 0.5) is 0 Å². The van der Waals surface area contributed by atoms with Crippen LogP contribution >= 0.6 is 0 Å². The number of aromatic nitrogens is 1. The van der Waals surface area contributed by atoms with Crippen molar-refractivity contribution in [3.63, 3.8) is 0 Å². The second-order valence-corrected chi connectivity index (χ2v) is 11.7. The monoisotopic (exact) mass is 606 g/mol. The minimum absolute atomic E-state index is 0.00321. The van der Waals surface area contributed by atoms with E-state index in [2.05, 4.69) is 20.9 Å². The van der Waals surface area contributed by atoms with Crippen molar-refractivity contribution in [2.24, 2.45) is 0 Å². The van der Waals surface area contributed by atoms with Gasteiger partial charge in [0.25, 0.3) is 11.8 Å². The van der Waals surface area contributed by atoms with Crippen LogP contribution in [0.15, 0.2) is 30.3 Å². The molecule has 2 bridgehead atoms. The van der Waals surface area contributed by atoms with Crippen LogP contribution < -0.4 is 16.0 Å². The Bertz CT molecular complexity index is 1470. The molecule has 0 unspecified atom stereocenters. The number of likely N-dealkylation sites (N-methyl/N-ethyl adjacent to an activating group) is 1. The number of aryl methyl sites for hydroxylation is 1. The summed E-state index contributed by atoms with van der Waals surface area (Å²) in [6.07, 6.45) is 0.0411. The largest absolute Gasteiger partial charge is 0.360 e. The van der Waals surface area contributed by atoms with Gasteiger partial charge in [-0.3, -0.25) is 28.8 Å². The number of morpholine rings is 1. The minimum Gasteiger partial charge on any atom is -0.360 e. The summed E-state index contributed by atoms with van der Waals surface area (Å²) in [4.78, 5) is 84.9. The quantitative estimate of drug-likeness (QED) is 0.377. The average Bonchev–Trinajstić information content (AvgIpc) is 3.35. The predicted octanol–water partition coefficient (Wildman–Crippen LogP) is -0.128. The molecule has 2 aromatic rings. The lowest BCUT2D eigenvalue weighted by molar-refractivity contribution is -0.148. The first-order chi connectivity index (χ1) is 21.0. The van der Waals surface area contributed by atoms with Crippen LogP contribution in [0.3, 0.4) is 0 Å². The molecule has 44 heavy (non-hydrogen) atoms. The van der Waals surface area contributed by atoms with E-state index in [0.29, 0.717) is 30.4 Å². The van der Waals surface area contributed by atoms with Crippen molar-refractivity contribution < 1.29 is 33.5 Å². The van der Waals surface area contributed by atoms with Gasteiger partial charge < -0.3 is 35.5 Å². The summed E-state index contributed by atoms with van der Waals surface area (Å²) in [7, 11) is 1.45. The van der Waals surface area contributed by atoms with E-state index >= 15 is 0 Å². The third-order valence-corrected chi connectivity index (χ3v) is 8.33. The number of benzene rings is 1. The van der Waals surface area contributed by atoms with Crippen molar-refractivity contribution in [3.05, 3.63) is 58.4 Å². The van der Waals surface area contributed by atoms with Crippen LogP contribution in [-0.2, 0) is 36.8 Å². The van der Waals surface area contributed by atoms with Gasteiger partial charge in [0.05, 0.1) is 19.2 Å². The Morgan fingerprint density at radius 3 is 2.48 bits per heavy atom. The molecule has 13 nitrogen and oxygen atoms in total. The fourth-order valence-electron chi connectivity index (χ4n) is 6.00. The molecular formula is C31H38N6O7. The van der Waals surface area contributed by atoms with Crippen LogP contribution in [0.5, 0.6) is 0 Å². The van der Waals surface area contributed by atoms with Crippen molar-refractivity contribution >= 4 is 35.3 Å². The first-order valence-corrected chi connectivity index (χ1v) is 14.9. The van der Waals surface area contributed by atoms with Crippen LogP contribution in [0, 0.1) is 6.92 Å². The number of hydrogen-bond acceptors (Lipinski definition) is 7. The molecule has 13 heteroatoms. The van der Waals surface area contributed by atoms with E-state index in [1.165, 1.54) is 23.8 Å². The third-order valence-electron chi connectivity index (χ3n) is 8.33. The molecule has 5 rings (SSSR count). The topological polar surface area (TPSA) is 170 Å². The average molecular weight is 607 g/mol. The number of Topliss-reactive ketones (excluding diaryl/α,β-unsaturated/α-hetero) is 1. The Balaban J connectivity index is 1.44. The van der Waals surface area contributed by atoms with Crippen molar-refractivity contribution in [2.45, 2.75) is 63.8 Å². The molecule has 4 N–H and O–H groups in total. The molecule has 0 saturated carbocycles. The SMILES string of the molecule is Cc1c(C(=O)N2C[C@@H]3CNC(=O)[C@@H](C)NC(=O)CN(C)C(=O)[C@@H](Cc4ccccc4)NC(=O)[C@@H](C2)O3)[nH]c2c1C(=O)CCC2. The van der Waals surface area contributed by atoms with Crippen LogP contribution in [-0.4, -0.2) is 108 Å². The van der Waals surface area contributed by atoms with Gasteiger partial charge in [-0.2, -0.15) is 0 Å². The molecule has 3 heterocycles. The van der Waals surface area contributed by atoms with E-state index in [0.717, 1.165) is 11.3 Å². The molecular weight excluding hydrogens is 568 g/mol. The van der Waals surface area contributed by atoms with Gasteiger partial charge in [-0.1, -0.05) is 30.3 Å². The van der Waals surface area contributed by atoms with E-state index < -0.39 is 53.8 Å². The van der Waals surface area contributed by atoms with Gasteiger partial charge in [-0.15, -0.1) is 0 Å². The van der Waals surface area contributed by atoms with Gasteiger partial charge >= 0.3 is 0 Å². The van der Waals surface area contributed by atoms with Crippen LogP contribution in [0.2, 0.25) is 0 Å². The fraction of sp³-hybridized carbons (Fsp3) is 0.484. The molecule has 1 aromatic heterocycles. The highest BCUT2D eigenvalue weighted by atomic mass is 16.5. The highest BCUT2D eigenvalue weighted by molar-refractivity contribution is 6.04. The number of rotatable bonds is 3. The Kier molecular flexibility index (Phi) is 9.14. The molecule has 0 radical (unpaired) electrons. The minimum atomic E-state index is -1.15. The maximum atomic E-state index is 13.9. The van der Waals surface area contributed by atoms with Gasteiger partial charge in [-0.25, -0.2) is 0 Å². The molecule has 4 atom stereocenters. The number of carbonyl (C=O) groups excluding carboxylic acids is 6. The second kappa shape index (κ2) is 13.0. The number of amides is 5. The van der Waals surface area contributed by atoms with Crippen molar-refractivity contribution in [1.29, 1.82) is 0 Å². The lowest BCUT2D eigenvalue weighted by Crippen LogP contribution is -2.59. The molecule has 1 aliphatic carbocycles. The normalized spacial score (nSPS) is 25.3. The summed E-state index contributed by atoms with van der Waals surface area (Å²) in [6, 6.07) is 7.22. The molecule has 5 amide bonds. The van der Waals surface area contributed by atoms with E-state index in [9.17, 15) is 28.8 Å². The molecule has 2 saturated heterocycles. The zero-order valence-electron chi connectivity index (χ0n) is 25.1. The van der Waals surface area contributed by atoms with Crippen molar-refractivity contribution in [2.75, 3.05) is 33.2 Å². The lowest BCUT2D eigenvalue weighted by Gasteiger charge is -2.38. The highest BCUT2D eigenvalue weighted by Crippen LogP contribution is 2.28. The summed E-state index contributed by atoms with van der Waals surface area (Å²) >= 11 is 0. The summed E-state index contributed by atoms with van der Waals surface area (Å²) in [5, 5.41) is 8.12. The summed E-state index contributed by atoms with van der Waals surface area (Å²) in [5.74, 6) is -2.51. The van der Waals surface area contributed by atoms with Gasteiger partial charge in [0.2, 0.25) is 17.7 Å². The number of nitrogens with zero attached hydrogens (tertiary/aromatic N) is 2. The number of nitrogens with one attached hydrogen (secondary N) is 4. The zero-order chi connectivity index (χ0) is 31.5. The number of hydrogen-bond donors (Lipinski definition) is 4. The lowest BCUT2D eigenvalue weighted by atomic mass is 9.93. The number of aromatic amines is 1. The van der Waals surface area contributed by atoms with Crippen LogP contribution in [0.25, 0.3) is 0 Å². The summed E-state index contributed by atoms with van der Waals surface area (Å²) in [5.41, 5.74) is 2.95. The van der Waals surface area contributed by atoms with Gasteiger partial charge in [0.15, 0.2) is 11.9 Å². The molecule has 0 spiro atoms. The number of fused-ring (bicyclic) bond motifs is 3. The van der Waals surface area contributed by atoms with E-state index in [-0.39, 0.29) is 44.1 Å². The number of ketones is 1. The van der Waals surface area contributed by atoms with E-state index in [1.54, 1.807) is 6.92 Å². The second-order valence-electron chi connectivity index (χ2n) is 11.7. The van der Waals surface area contributed by atoms with E-state index in [1.807, 2.05) is 30.3 Å². The third kappa shape index (κ3) is 6.67. The van der Waals surface area contributed by atoms with Gasteiger partial charge in [0, 0.05) is 44.2 Å². The van der Waals surface area contributed by atoms with E-state index in [4.69, 9.17) is 4.74 Å². The van der Waals surface area contributed by atoms with Crippen molar-refractivity contribution in [3.8, 4) is 0 Å². The van der Waals surface area contributed by atoms with Crippen LogP contribution in [0.1, 0.15) is 57.4 Å². The first kappa shape index (κ1) is 30.9. The first-order valence-electron chi connectivity index (χ1n) is 14.9. The van der Waals surface area contributed by atoms with Gasteiger partial charge in [-0.05, 0) is 37.8 Å². The van der Waals surface area contributed by atoms with Crippen molar-refractivity contribution in [1.82, 2.24) is 30.7 Å². The smallest absolute Gasteiger partial charge is 0.270 e. The standard InChI is InChI=1S/C31H38N6O7/c1-17-26-21(10-7-11-23(26)38)34-27(17)31(43)37-14-20-13-32-28(40)18(2)33-25(39)16-36(3)30(42)22(12-19-8-5-4-6-9-19)35-29(41)24(15-37)44-20/h4-6,8-9,18,20,22,24,34H,7,10-16H2,1-3H3,(H,32,40)(H,33,39)(H,35,41)/t18-,20+,22-,24-/m1/s1. The Morgan fingerprint density at radius 2 is 1.75 bits per heavy atom. The Hall–Kier alpha value is -4.52. The molecule has 1 aromatic carbocycles. The maximum absolute atomic E-state index is 13.9. The summed E-state index contributed by atoms with van der Waals surface area (Å²) < 4.78 is 6.09.